The Morgan fingerprint density at radius 1 is 1.73 bits per heavy atom. The monoisotopic (exact) mass is 225 g/mol. The van der Waals surface area contributed by atoms with Gasteiger partial charge in [0.25, 0.3) is 0 Å². The highest BCUT2D eigenvalue weighted by molar-refractivity contribution is 6.33. The zero-order chi connectivity index (χ0) is 10.8. The van der Waals surface area contributed by atoms with Crippen molar-refractivity contribution in [3.63, 3.8) is 0 Å². The van der Waals surface area contributed by atoms with Crippen LogP contribution < -0.4 is 10.4 Å². The summed E-state index contributed by atoms with van der Waals surface area (Å²) in [6.45, 7) is 2.04. The highest BCUT2D eigenvalue weighted by Gasteiger charge is 2.30. The molecule has 1 unspecified atom stereocenters. The quantitative estimate of drug-likeness (QED) is 0.834. The molecule has 1 aromatic rings. The van der Waals surface area contributed by atoms with Crippen molar-refractivity contribution in [2.24, 2.45) is 0 Å². The molecule has 4 nitrogen and oxygen atoms in total. The summed E-state index contributed by atoms with van der Waals surface area (Å²) in [5.74, 6) is 0.639. The summed E-state index contributed by atoms with van der Waals surface area (Å²) < 4.78 is 0. The van der Waals surface area contributed by atoms with E-state index >= 15 is 0 Å². The lowest BCUT2D eigenvalue weighted by molar-refractivity contribution is -0.119. The van der Waals surface area contributed by atoms with Gasteiger partial charge in [0.2, 0.25) is 5.91 Å². The first-order valence-electron chi connectivity index (χ1n) is 4.91. The first-order valence-corrected chi connectivity index (χ1v) is 5.29. The molecule has 1 N–H and O–H groups in total. The van der Waals surface area contributed by atoms with E-state index in [1.807, 2.05) is 6.92 Å². The molecule has 0 spiro atoms. The summed E-state index contributed by atoms with van der Waals surface area (Å²) in [4.78, 5) is 15.5. The molecule has 0 radical (unpaired) electrons. The third-order valence-corrected chi connectivity index (χ3v) is 2.76. The highest BCUT2D eigenvalue weighted by atomic mass is 35.5. The van der Waals surface area contributed by atoms with E-state index < -0.39 is 0 Å². The Morgan fingerprint density at radius 3 is 3.20 bits per heavy atom. The molecule has 0 saturated carbocycles. The molecule has 15 heavy (non-hydrogen) atoms. The molecular weight excluding hydrogens is 214 g/mol. The van der Waals surface area contributed by atoms with Gasteiger partial charge in [0, 0.05) is 6.20 Å². The van der Waals surface area contributed by atoms with Crippen LogP contribution in [0.15, 0.2) is 18.3 Å². The number of aromatic nitrogens is 1. The van der Waals surface area contributed by atoms with Crippen molar-refractivity contribution in [1.29, 1.82) is 0 Å². The summed E-state index contributed by atoms with van der Waals surface area (Å²) in [6, 6.07) is 3.68. The molecule has 5 heteroatoms. The second-order valence-corrected chi connectivity index (χ2v) is 3.89. The zero-order valence-electron chi connectivity index (χ0n) is 8.40. The van der Waals surface area contributed by atoms with Crippen LogP contribution in [0.4, 0.5) is 5.82 Å². The first kappa shape index (κ1) is 10.2. The lowest BCUT2D eigenvalue weighted by Crippen LogP contribution is -2.38. The molecule has 80 valence electrons. The predicted molar refractivity (Wildman–Crippen MR) is 58.6 cm³/mol. The van der Waals surface area contributed by atoms with Crippen molar-refractivity contribution in [2.45, 2.75) is 25.8 Å². The van der Waals surface area contributed by atoms with E-state index in [9.17, 15) is 4.79 Å². The summed E-state index contributed by atoms with van der Waals surface area (Å²) >= 11 is 6.02. The van der Waals surface area contributed by atoms with Gasteiger partial charge >= 0.3 is 0 Å². The number of anilines is 1. The minimum atomic E-state index is 0.0172. The van der Waals surface area contributed by atoms with Crippen LogP contribution in [-0.2, 0) is 4.79 Å². The third kappa shape index (κ3) is 1.90. The maximum atomic E-state index is 11.3. The SMILES string of the molecule is CCC1CC(=O)NN1c1ncccc1Cl. The Hall–Kier alpha value is -1.29. The van der Waals surface area contributed by atoms with Crippen LogP contribution in [0, 0.1) is 0 Å². The van der Waals surface area contributed by atoms with Crippen molar-refractivity contribution in [3.8, 4) is 0 Å². The average Bonchev–Trinajstić information content (AvgIpc) is 2.60. The summed E-state index contributed by atoms with van der Waals surface area (Å²) in [5.41, 5.74) is 2.76. The number of amides is 1. The van der Waals surface area contributed by atoms with Crippen molar-refractivity contribution < 1.29 is 4.79 Å². The van der Waals surface area contributed by atoms with Crippen LogP contribution in [-0.4, -0.2) is 16.9 Å². The molecular formula is C10H12ClN3O. The Kier molecular flexibility index (Phi) is 2.77. The smallest absolute Gasteiger partial charge is 0.240 e. The Balaban J connectivity index is 2.30. The minimum Gasteiger partial charge on any atom is -0.273 e. The summed E-state index contributed by atoms with van der Waals surface area (Å²) in [6.07, 6.45) is 3.05. The van der Waals surface area contributed by atoms with E-state index in [1.165, 1.54) is 0 Å². The normalized spacial score (nSPS) is 20.5. The average molecular weight is 226 g/mol. The summed E-state index contributed by atoms with van der Waals surface area (Å²) in [5, 5.41) is 2.31. The maximum absolute atomic E-state index is 11.3. The standard InChI is InChI=1S/C10H12ClN3O/c1-2-7-6-9(15)13-14(7)10-8(11)4-3-5-12-10/h3-5,7H,2,6H2,1H3,(H,13,15). The van der Waals surface area contributed by atoms with Gasteiger partial charge in [0.1, 0.15) is 0 Å². The lowest BCUT2D eigenvalue weighted by Gasteiger charge is -2.23. The lowest BCUT2D eigenvalue weighted by atomic mass is 10.1. The van der Waals surface area contributed by atoms with Gasteiger partial charge in [-0.2, -0.15) is 0 Å². The fourth-order valence-corrected chi connectivity index (χ4v) is 1.90. The molecule has 1 aromatic heterocycles. The van der Waals surface area contributed by atoms with Gasteiger partial charge in [-0.1, -0.05) is 18.5 Å². The van der Waals surface area contributed by atoms with E-state index in [1.54, 1.807) is 23.3 Å². The fraction of sp³-hybridized carbons (Fsp3) is 0.400. The molecule has 1 fully saturated rings. The molecule has 0 aliphatic carbocycles. The molecule has 0 bridgehead atoms. The van der Waals surface area contributed by atoms with Crippen molar-refractivity contribution in [3.05, 3.63) is 23.4 Å². The Morgan fingerprint density at radius 2 is 2.53 bits per heavy atom. The number of rotatable bonds is 2. The molecule has 1 aliphatic heterocycles. The first-order chi connectivity index (χ1) is 7.22. The number of nitrogens with zero attached hydrogens (tertiary/aromatic N) is 2. The molecule has 2 heterocycles. The second kappa shape index (κ2) is 4.06. The van der Waals surface area contributed by atoms with Gasteiger partial charge in [-0.3, -0.25) is 15.2 Å². The number of hydrazine groups is 1. The Labute approximate surface area is 93.2 Å². The molecule has 1 saturated heterocycles. The van der Waals surface area contributed by atoms with E-state index in [0.717, 1.165) is 6.42 Å². The second-order valence-electron chi connectivity index (χ2n) is 3.48. The number of carbonyl (C=O) groups is 1. The van der Waals surface area contributed by atoms with Crippen molar-refractivity contribution >= 4 is 23.3 Å². The number of carbonyl (C=O) groups excluding carboxylic acids is 1. The number of halogens is 1. The number of pyridine rings is 1. The molecule has 1 aliphatic rings. The van der Waals surface area contributed by atoms with Crippen LogP contribution in [0.5, 0.6) is 0 Å². The summed E-state index contributed by atoms with van der Waals surface area (Å²) in [7, 11) is 0. The van der Waals surface area contributed by atoms with Gasteiger partial charge in [-0.05, 0) is 18.6 Å². The Bertz CT molecular complexity index is 383. The molecule has 2 rings (SSSR count). The van der Waals surface area contributed by atoms with E-state index in [0.29, 0.717) is 17.3 Å². The van der Waals surface area contributed by atoms with Crippen LogP contribution in [0.1, 0.15) is 19.8 Å². The minimum absolute atomic E-state index is 0.0172. The van der Waals surface area contributed by atoms with Gasteiger partial charge in [-0.25, -0.2) is 4.98 Å². The van der Waals surface area contributed by atoms with Crippen LogP contribution in [0.25, 0.3) is 0 Å². The van der Waals surface area contributed by atoms with Gasteiger partial charge in [-0.15, -0.1) is 0 Å². The molecule has 1 amide bonds. The van der Waals surface area contributed by atoms with Gasteiger partial charge < -0.3 is 0 Å². The highest BCUT2D eigenvalue weighted by Crippen LogP contribution is 2.27. The topological polar surface area (TPSA) is 45.2 Å². The van der Waals surface area contributed by atoms with Gasteiger partial charge in [0.15, 0.2) is 5.82 Å². The number of hydrogen-bond donors (Lipinski definition) is 1. The zero-order valence-corrected chi connectivity index (χ0v) is 9.16. The van der Waals surface area contributed by atoms with E-state index in [-0.39, 0.29) is 11.9 Å². The van der Waals surface area contributed by atoms with Crippen LogP contribution in [0.3, 0.4) is 0 Å². The number of hydrogen-bond acceptors (Lipinski definition) is 3. The van der Waals surface area contributed by atoms with Crippen molar-refractivity contribution in [1.82, 2.24) is 10.4 Å². The third-order valence-electron chi connectivity index (χ3n) is 2.47. The van der Waals surface area contributed by atoms with E-state index in [4.69, 9.17) is 11.6 Å². The molecule has 1 atom stereocenters. The fourth-order valence-electron chi connectivity index (χ4n) is 1.68. The predicted octanol–water partition coefficient (Wildman–Crippen LogP) is 1.75. The van der Waals surface area contributed by atoms with Crippen molar-refractivity contribution in [2.75, 3.05) is 5.01 Å². The molecule has 0 aromatic carbocycles. The number of nitrogens with one attached hydrogen (secondary N) is 1. The maximum Gasteiger partial charge on any atom is 0.240 e. The van der Waals surface area contributed by atoms with Gasteiger partial charge in [0.05, 0.1) is 17.5 Å². The van der Waals surface area contributed by atoms with E-state index in [2.05, 4.69) is 10.4 Å². The van der Waals surface area contributed by atoms with Crippen LogP contribution >= 0.6 is 11.6 Å². The largest absolute Gasteiger partial charge is 0.273 e. The van der Waals surface area contributed by atoms with Crippen LogP contribution in [0.2, 0.25) is 5.02 Å².